The first kappa shape index (κ1) is 22.8. The van der Waals surface area contributed by atoms with Gasteiger partial charge in [-0.1, -0.05) is 29.8 Å². The van der Waals surface area contributed by atoms with Crippen molar-refractivity contribution in [3.05, 3.63) is 28.7 Å². The van der Waals surface area contributed by atoms with Gasteiger partial charge in [0, 0.05) is 10.2 Å². The lowest BCUT2D eigenvalue weighted by Gasteiger charge is -2.21. The molecule has 0 radical (unpaired) electrons. The molecule has 0 fully saturated rings. The monoisotopic (exact) mass is 447 g/mol. The van der Waals surface area contributed by atoms with E-state index < -0.39 is 20.4 Å². The van der Waals surface area contributed by atoms with Crippen LogP contribution in [0.25, 0.3) is 0 Å². The lowest BCUT2D eigenvalue weighted by Crippen LogP contribution is -2.48. The van der Waals surface area contributed by atoms with Gasteiger partial charge < -0.3 is 25.4 Å². The minimum absolute atomic E-state index is 0.0248. The highest BCUT2D eigenvalue weighted by atomic mass is 79.9. The normalized spacial score (nSPS) is 13.4. The number of rotatable bonds is 9. The van der Waals surface area contributed by atoms with Gasteiger partial charge in [0.25, 0.3) is 0 Å². The quantitative estimate of drug-likeness (QED) is 0.432. The maximum Gasteiger partial charge on any atom is 0.319 e. The molecule has 2 unspecified atom stereocenters. The molecule has 0 saturated carbocycles. The molecule has 3 amide bonds. The summed E-state index contributed by atoms with van der Waals surface area (Å²) >= 11 is 3.33. The zero-order valence-electron chi connectivity index (χ0n) is 15.5. The molecule has 1 aromatic rings. The van der Waals surface area contributed by atoms with Gasteiger partial charge >= 0.3 is 6.03 Å². The standard InChI is InChI=1S/C17H27BrN3O4P/c1-11(2)9-15(16(22)19-10-26(24)25-12(3)4)21-17(23)20-14-7-5-13(18)6-8-14/h5-8,11-12,15,24H,9-10H2,1-4H3,(H,19,22)(H2,20,21,23). The molecular weight excluding hydrogens is 421 g/mol. The first-order chi connectivity index (χ1) is 12.2. The fraction of sp³-hybridized carbons (Fsp3) is 0.529. The summed E-state index contributed by atoms with van der Waals surface area (Å²) in [5.74, 6) is -0.139. The molecule has 4 N–H and O–H groups in total. The number of halogens is 1. The Labute approximate surface area is 164 Å². The molecule has 0 spiro atoms. The summed E-state index contributed by atoms with van der Waals surface area (Å²) in [4.78, 5) is 34.3. The second-order valence-corrected chi connectivity index (χ2v) is 8.64. The van der Waals surface area contributed by atoms with Crippen molar-refractivity contribution in [2.75, 3.05) is 11.6 Å². The third-order valence-corrected chi connectivity index (χ3v) is 4.77. The van der Waals surface area contributed by atoms with Crippen LogP contribution in [0.2, 0.25) is 0 Å². The van der Waals surface area contributed by atoms with Crippen molar-refractivity contribution in [1.82, 2.24) is 10.6 Å². The van der Waals surface area contributed by atoms with Crippen LogP contribution < -0.4 is 16.0 Å². The Hall–Kier alpha value is -1.21. The van der Waals surface area contributed by atoms with Crippen molar-refractivity contribution in [1.29, 1.82) is 0 Å². The number of anilines is 1. The van der Waals surface area contributed by atoms with Crippen LogP contribution >= 0.6 is 24.3 Å². The van der Waals surface area contributed by atoms with Crippen molar-refractivity contribution in [2.45, 2.75) is 46.3 Å². The van der Waals surface area contributed by atoms with Gasteiger partial charge in [-0.05, 0) is 50.5 Å². The molecule has 0 aliphatic carbocycles. The van der Waals surface area contributed by atoms with Gasteiger partial charge in [-0.15, -0.1) is 0 Å². The molecule has 2 atom stereocenters. The van der Waals surface area contributed by atoms with Crippen molar-refractivity contribution >= 4 is 41.9 Å². The predicted octanol–water partition coefficient (Wildman–Crippen LogP) is 3.79. The average molecular weight is 448 g/mol. The summed E-state index contributed by atoms with van der Waals surface area (Å²) in [5, 5.41) is 8.02. The van der Waals surface area contributed by atoms with Crippen molar-refractivity contribution in [3.63, 3.8) is 0 Å². The molecule has 26 heavy (non-hydrogen) atoms. The molecule has 146 valence electrons. The summed E-state index contributed by atoms with van der Waals surface area (Å²) in [7, 11) is -1.73. The number of urea groups is 1. The fourth-order valence-corrected chi connectivity index (χ4v) is 3.23. The Morgan fingerprint density at radius 1 is 1.19 bits per heavy atom. The second-order valence-electron chi connectivity index (χ2n) is 6.49. The molecule has 0 aromatic heterocycles. The molecule has 9 heteroatoms. The smallest absolute Gasteiger partial charge is 0.319 e. The van der Waals surface area contributed by atoms with Crippen LogP contribution in [-0.2, 0) is 9.32 Å². The number of benzene rings is 1. The summed E-state index contributed by atoms with van der Waals surface area (Å²) in [5.41, 5.74) is 0.624. The zero-order chi connectivity index (χ0) is 19.7. The minimum Gasteiger partial charge on any atom is -0.349 e. The zero-order valence-corrected chi connectivity index (χ0v) is 17.9. The number of amides is 3. The maximum atomic E-state index is 12.4. The number of carbonyl (C=O) groups excluding carboxylic acids is 2. The Balaban J connectivity index is 2.59. The molecule has 1 aromatic carbocycles. The van der Waals surface area contributed by atoms with E-state index >= 15 is 0 Å². The minimum atomic E-state index is -1.73. The fourth-order valence-electron chi connectivity index (χ4n) is 2.11. The Kier molecular flexibility index (Phi) is 10.1. The molecule has 0 aliphatic rings. The van der Waals surface area contributed by atoms with Crippen LogP contribution in [0, 0.1) is 5.92 Å². The van der Waals surface area contributed by atoms with Crippen LogP contribution in [0.4, 0.5) is 10.5 Å². The van der Waals surface area contributed by atoms with E-state index in [4.69, 9.17) is 4.52 Å². The van der Waals surface area contributed by atoms with Crippen LogP contribution in [-0.4, -0.2) is 35.3 Å². The molecular formula is C17H27BrN3O4P. The number of nitrogens with one attached hydrogen (secondary N) is 3. The molecule has 0 bridgehead atoms. The lowest BCUT2D eigenvalue weighted by molar-refractivity contribution is -0.123. The lowest BCUT2D eigenvalue weighted by atomic mass is 10.0. The van der Waals surface area contributed by atoms with Crippen molar-refractivity contribution in [2.24, 2.45) is 5.92 Å². The van der Waals surface area contributed by atoms with E-state index in [1.54, 1.807) is 12.1 Å². The van der Waals surface area contributed by atoms with Gasteiger partial charge in [-0.2, -0.15) is 0 Å². The van der Waals surface area contributed by atoms with Gasteiger partial charge in [0.05, 0.1) is 12.4 Å². The second kappa shape index (κ2) is 11.5. The number of hydrogen-bond donors (Lipinski definition) is 4. The Morgan fingerprint density at radius 2 is 1.81 bits per heavy atom. The summed E-state index contributed by atoms with van der Waals surface area (Å²) < 4.78 is 6.14. The van der Waals surface area contributed by atoms with E-state index in [9.17, 15) is 14.5 Å². The molecule has 0 aliphatic heterocycles. The van der Waals surface area contributed by atoms with Crippen LogP contribution in [0.5, 0.6) is 0 Å². The van der Waals surface area contributed by atoms with E-state index in [-0.39, 0.29) is 24.2 Å². The summed E-state index contributed by atoms with van der Waals surface area (Å²) in [6, 6.07) is 5.97. The van der Waals surface area contributed by atoms with Crippen molar-refractivity contribution in [3.8, 4) is 0 Å². The molecule has 0 heterocycles. The third-order valence-electron chi connectivity index (χ3n) is 3.15. The first-order valence-corrected chi connectivity index (χ1v) is 10.6. The van der Waals surface area contributed by atoms with Gasteiger partial charge in [0.1, 0.15) is 6.04 Å². The average Bonchev–Trinajstić information content (AvgIpc) is 2.53. The van der Waals surface area contributed by atoms with Crippen LogP contribution in [0.1, 0.15) is 34.1 Å². The van der Waals surface area contributed by atoms with Crippen LogP contribution in [0.3, 0.4) is 0 Å². The van der Waals surface area contributed by atoms with Crippen molar-refractivity contribution < 1.29 is 19.0 Å². The summed E-state index contributed by atoms with van der Waals surface area (Å²) in [6.45, 7) is 7.55. The van der Waals surface area contributed by atoms with Gasteiger partial charge in [-0.3, -0.25) is 4.79 Å². The van der Waals surface area contributed by atoms with E-state index in [0.717, 1.165) is 4.47 Å². The van der Waals surface area contributed by atoms with E-state index in [1.807, 2.05) is 39.8 Å². The van der Waals surface area contributed by atoms with E-state index in [1.165, 1.54) is 0 Å². The predicted molar refractivity (Wildman–Crippen MR) is 108 cm³/mol. The van der Waals surface area contributed by atoms with E-state index in [0.29, 0.717) is 12.1 Å². The molecule has 0 saturated heterocycles. The van der Waals surface area contributed by atoms with Gasteiger partial charge in [0.2, 0.25) is 5.91 Å². The van der Waals surface area contributed by atoms with Gasteiger partial charge in [0.15, 0.2) is 8.38 Å². The SMILES string of the molecule is CC(C)CC(NC(=O)Nc1ccc(Br)cc1)C(=O)NCP(O)OC(C)C. The third kappa shape index (κ3) is 9.48. The van der Waals surface area contributed by atoms with Crippen LogP contribution in [0.15, 0.2) is 28.7 Å². The maximum absolute atomic E-state index is 12.4. The van der Waals surface area contributed by atoms with Gasteiger partial charge in [-0.25, -0.2) is 4.79 Å². The highest BCUT2D eigenvalue weighted by Gasteiger charge is 2.23. The molecule has 7 nitrogen and oxygen atoms in total. The highest BCUT2D eigenvalue weighted by Crippen LogP contribution is 2.31. The largest absolute Gasteiger partial charge is 0.349 e. The molecule has 1 rings (SSSR count). The first-order valence-electron chi connectivity index (χ1n) is 8.41. The topological polar surface area (TPSA) is 99.7 Å². The Morgan fingerprint density at radius 3 is 2.35 bits per heavy atom. The highest BCUT2D eigenvalue weighted by molar-refractivity contribution is 9.10. The summed E-state index contributed by atoms with van der Waals surface area (Å²) in [6.07, 6.45) is 0.384. The Bertz CT molecular complexity index is 584. The number of carbonyl (C=O) groups is 2. The number of hydrogen-bond acceptors (Lipinski definition) is 4. The van der Waals surface area contributed by atoms with E-state index in [2.05, 4.69) is 31.9 Å².